The zero-order valence-electron chi connectivity index (χ0n) is 25.7. The van der Waals surface area contributed by atoms with Gasteiger partial charge in [-0.15, -0.1) is 0 Å². The molecule has 10 heteroatoms. The summed E-state index contributed by atoms with van der Waals surface area (Å²) in [6.07, 6.45) is 4.16. The van der Waals surface area contributed by atoms with Gasteiger partial charge in [-0.1, -0.05) is 13.2 Å². The second kappa shape index (κ2) is 15.9. The number of methoxy groups -OCH3 is 1. The maximum absolute atomic E-state index is 12.8. The highest BCUT2D eigenvalue weighted by Crippen LogP contribution is 2.41. The van der Waals surface area contributed by atoms with Crippen LogP contribution in [0.1, 0.15) is 57.8 Å². The largest absolute Gasteiger partial charge is 0.394 e. The number of ether oxygens (including phenoxy) is 7. The Bertz CT molecular complexity index is 941. The third kappa shape index (κ3) is 8.74. The Kier molecular flexibility index (Phi) is 12.2. The highest BCUT2D eigenvalue weighted by Gasteiger charge is 2.42. The van der Waals surface area contributed by atoms with Crippen LogP contribution in [0, 0.1) is 17.8 Å². The highest BCUT2D eigenvalue weighted by atomic mass is 16.6. The molecule has 244 valence electrons. The quantitative estimate of drug-likeness (QED) is 0.285. The summed E-state index contributed by atoms with van der Waals surface area (Å²) in [5.74, 6) is 0.791. The third-order valence-electron chi connectivity index (χ3n) is 10.0. The summed E-state index contributed by atoms with van der Waals surface area (Å²) in [7, 11) is 1.64. The van der Waals surface area contributed by atoms with E-state index in [0.29, 0.717) is 64.1 Å². The molecular weight excluding hydrogens is 556 g/mol. The van der Waals surface area contributed by atoms with Crippen molar-refractivity contribution in [3.8, 4) is 0 Å². The summed E-state index contributed by atoms with van der Waals surface area (Å²) in [4.78, 5) is 12.8. The average molecular weight is 609 g/mol. The number of ketones is 1. The Labute approximate surface area is 256 Å². The Hall–Kier alpha value is -1.21. The van der Waals surface area contributed by atoms with Crippen molar-refractivity contribution in [2.24, 2.45) is 17.8 Å². The van der Waals surface area contributed by atoms with Gasteiger partial charge in [0.25, 0.3) is 0 Å². The van der Waals surface area contributed by atoms with Crippen LogP contribution in [-0.2, 0) is 38.0 Å². The molecule has 11 atom stereocenters. The number of carbonyl (C=O) groups excluding carboxylic acids is 1. The second-order valence-electron chi connectivity index (χ2n) is 13.2. The number of hydrogen-bond acceptors (Lipinski definition) is 10. The first-order valence-electron chi connectivity index (χ1n) is 16.2. The molecule has 9 unspecified atom stereocenters. The minimum atomic E-state index is -1.09. The van der Waals surface area contributed by atoms with E-state index in [9.17, 15) is 15.0 Å². The zero-order chi connectivity index (χ0) is 30.3. The van der Waals surface area contributed by atoms with Gasteiger partial charge in [0.15, 0.2) is 0 Å². The van der Waals surface area contributed by atoms with Gasteiger partial charge in [0.1, 0.15) is 18.0 Å². The fourth-order valence-electron chi connectivity index (χ4n) is 7.67. The van der Waals surface area contributed by atoms with Crippen molar-refractivity contribution in [2.45, 2.75) is 107 Å². The number of Topliss-reactive ketones (excluding diaryl/α,β-unsaturated/α-hetero) is 1. The Morgan fingerprint density at radius 2 is 1.81 bits per heavy atom. The van der Waals surface area contributed by atoms with Gasteiger partial charge in [-0.3, -0.25) is 4.79 Å². The van der Waals surface area contributed by atoms with E-state index in [0.717, 1.165) is 49.9 Å². The minimum Gasteiger partial charge on any atom is -0.394 e. The molecule has 5 heterocycles. The van der Waals surface area contributed by atoms with Crippen LogP contribution in [0.5, 0.6) is 0 Å². The fourth-order valence-corrected chi connectivity index (χ4v) is 7.67. The molecule has 2 N–H and O–H groups in total. The molecule has 5 rings (SSSR count). The lowest BCUT2D eigenvalue weighted by atomic mass is 9.76. The molecule has 0 bridgehead atoms. The third-order valence-corrected chi connectivity index (χ3v) is 10.0. The maximum Gasteiger partial charge on any atom is 0.135 e. The van der Waals surface area contributed by atoms with E-state index in [4.69, 9.17) is 33.2 Å². The van der Waals surface area contributed by atoms with Crippen molar-refractivity contribution < 1.29 is 48.2 Å². The molecule has 0 aromatic carbocycles. The van der Waals surface area contributed by atoms with Crippen molar-refractivity contribution in [1.29, 1.82) is 0 Å². The van der Waals surface area contributed by atoms with Crippen LogP contribution in [0.25, 0.3) is 0 Å². The second-order valence-corrected chi connectivity index (χ2v) is 13.2. The molecular formula is C33H52O10. The summed E-state index contributed by atoms with van der Waals surface area (Å²) < 4.78 is 41.7. The molecule has 5 fully saturated rings. The highest BCUT2D eigenvalue weighted by molar-refractivity contribution is 5.79. The Balaban J connectivity index is 1.12. The van der Waals surface area contributed by atoms with Gasteiger partial charge in [0.2, 0.25) is 0 Å². The van der Waals surface area contributed by atoms with Crippen LogP contribution >= 0.6 is 0 Å². The van der Waals surface area contributed by atoms with Crippen LogP contribution in [0.3, 0.4) is 0 Å². The molecule has 5 aliphatic heterocycles. The first-order valence-corrected chi connectivity index (χ1v) is 16.2. The fraction of sp³-hybridized carbons (Fsp3) is 0.848. The van der Waals surface area contributed by atoms with Crippen LogP contribution < -0.4 is 0 Å². The number of hydrogen-bond donors (Lipinski definition) is 2. The van der Waals surface area contributed by atoms with Crippen LogP contribution in [0.15, 0.2) is 24.3 Å². The van der Waals surface area contributed by atoms with E-state index in [-0.39, 0.29) is 54.7 Å². The van der Waals surface area contributed by atoms with Gasteiger partial charge >= 0.3 is 0 Å². The van der Waals surface area contributed by atoms with Gasteiger partial charge in [-0.25, -0.2) is 0 Å². The summed E-state index contributed by atoms with van der Waals surface area (Å²) in [5.41, 5.74) is 2.29. The summed E-state index contributed by atoms with van der Waals surface area (Å²) >= 11 is 0. The SMILES string of the molecule is C=C1COC(CC(C2CCC(COC3CCC(CC(=O)CC4COC[C@@H]4OC)OC3C(O)CO)O2)[C@@H]2CCOCC2=C)C1. The monoisotopic (exact) mass is 608 g/mol. The van der Waals surface area contributed by atoms with E-state index in [1.165, 1.54) is 0 Å². The van der Waals surface area contributed by atoms with Crippen LogP contribution in [0.4, 0.5) is 0 Å². The predicted octanol–water partition coefficient (Wildman–Crippen LogP) is 2.77. The topological polar surface area (TPSA) is 122 Å². The van der Waals surface area contributed by atoms with E-state index in [1.807, 2.05) is 0 Å². The molecule has 0 aliphatic carbocycles. The molecule has 0 amide bonds. The van der Waals surface area contributed by atoms with Crippen molar-refractivity contribution in [2.75, 3.05) is 53.4 Å². The first kappa shape index (κ1) is 33.2. The van der Waals surface area contributed by atoms with Crippen LogP contribution in [0.2, 0.25) is 0 Å². The standard InChI is InChI=1S/C33H52O10/c1-20-10-26(40-15-20)13-28(27-8-9-38-16-21(27)2)30-6-5-25(42-30)18-41-31-7-4-24(43-33(31)29(36)14-34)12-23(35)11-22-17-39-19-32(22)37-3/h22,24-34,36H,1-2,4-19H2,3H3/t22?,24?,25?,26?,27-,28?,29?,30?,31?,32+,33?/m1/s1. The molecule has 0 radical (unpaired) electrons. The maximum atomic E-state index is 12.8. The molecule has 0 aromatic rings. The minimum absolute atomic E-state index is 0.0560. The molecule has 10 nitrogen and oxygen atoms in total. The summed E-state index contributed by atoms with van der Waals surface area (Å²) in [5, 5.41) is 20.3. The molecule has 43 heavy (non-hydrogen) atoms. The lowest BCUT2D eigenvalue weighted by Gasteiger charge is -2.39. The van der Waals surface area contributed by atoms with Gasteiger partial charge in [0.05, 0.1) is 76.3 Å². The molecule has 5 saturated heterocycles. The lowest BCUT2D eigenvalue weighted by molar-refractivity contribution is -0.192. The van der Waals surface area contributed by atoms with E-state index >= 15 is 0 Å². The van der Waals surface area contributed by atoms with Crippen molar-refractivity contribution in [3.05, 3.63) is 24.3 Å². The molecule has 0 aromatic heterocycles. The van der Waals surface area contributed by atoms with Crippen LogP contribution in [-0.4, -0.2) is 118 Å². The normalized spacial score (nSPS) is 38.4. The van der Waals surface area contributed by atoms with E-state index in [2.05, 4.69) is 13.2 Å². The van der Waals surface area contributed by atoms with Gasteiger partial charge in [0, 0.05) is 32.5 Å². The summed E-state index contributed by atoms with van der Waals surface area (Å²) in [6.45, 7) is 11.4. The smallest absolute Gasteiger partial charge is 0.135 e. The van der Waals surface area contributed by atoms with Gasteiger partial charge in [-0.2, -0.15) is 0 Å². The van der Waals surface area contributed by atoms with E-state index in [1.54, 1.807) is 7.11 Å². The predicted molar refractivity (Wildman–Crippen MR) is 158 cm³/mol. The van der Waals surface area contributed by atoms with Crippen molar-refractivity contribution >= 4 is 5.78 Å². The van der Waals surface area contributed by atoms with Gasteiger partial charge < -0.3 is 43.4 Å². The average Bonchev–Trinajstić information content (AvgIpc) is 3.76. The lowest BCUT2D eigenvalue weighted by Crippen LogP contribution is -2.49. The molecule has 0 spiro atoms. The van der Waals surface area contributed by atoms with Gasteiger partial charge in [-0.05, 0) is 67.9 Å². The zero-order valence-corrected chi connectivity index (χ0v) is 25.7. The number of aliphatic hydroxyl groups excluding tert-OH is 2. The molecule has 0 saturated carbocycles. The van der Waals surface area contributed by atoms with Crippen molar-refractivity contribution in [3.63, 3.8) is 0 Å². The first-order chi connectivity index (χ1) is 20.8. The number of carbonyl (C=O) groups is 1. The van der Waals surface area contributed by atoms with Crippen molar-refractivity contribution in [1.82, 2.24) is 0 Å². The molecule has 5 aliphatic rings. The number of rotatable bonds is 14. The Morgan fingerprint density at radius 1 is 0.977 bits per heavy atom. The Morgan fingerprint density at radius 3 is 2.56 bits per heavy atom. The van der Waals surface area contributed by atoms with E-state index < -0.39 is 18.8 Å². The number of aliphatic hydroxyl groups is 2. The summed E-state index contributed by atoms with van der Waals surface area (Å²) in [6, 6.07) is 0.